The molecular weight excluding hydrogens is 274 g/mol. The zero-order valence-corrected chi connectivity index (χ0v) is 11.7. The van der Waals surface area contributed by atoms with Gasteiger partial charge < -0.3 is 5.32 Å². The molecule has 0 bridgehead atoms. The van der Waals surface area contributed by atoms with E-state index in [1.54, 1.807) is 13.1 Å². The van der Waals surface area contributed by atoms with Crippen LogP contribution in [0.2, 0.25) is 0 Å². The van der Waals surface area contributed by atoms with Crippen LogP contribution in [0.1, 0.15) is 23.2 Å². The maximum atomic E-state index is 12.2. The number of nitrogens with one attached hydrogen (secondary N) is 1. The molecule has 7 nitrogen and oxygen atoms in total. The average Bonchev–Trinajstić information content (AvgIpc) is 2.94. The highest BCUT2D eigenvalue weighted by atomic mass is 16.6. The highest BCUT2D eigenvalue weighted by Crippen LogP contribution is 2.19. The second kappa shape index (κ2) is 6.45. The van der Waals surface area contributed by atoms with E-state index in [4.69, 9.17) is 0 Å². The SMILES string of the molecule is CNC(=O)C1CCCN1CC(=O)c1cccc([N+](=O)[O-])c1. The number of non-ortho nitro benzene ring substituents is 1. The van der Waals surface area contributed by atoms with Crippen LogP contribution in [0.5, 0.6) is 0 Å². The lowest BCUT2D eigenvalue weighted by atomic mass is 10.1. The molecule has 1 N–H and O–H groups in total. The molecule has 112 valence electrons. The van der Waals surface area contributed by atoms with Crippen molar-refractivity contribution in [3.8, 4) is 0 Å². The van der Waals surface area contributed by atoms with Crippen LogP contribution in [0.3, 0.4) is 0 Å². The average molecular weight is 291 g/mol. The minimum Gasteiger partial charge on any atom is -0.358 e. The van der Waals surface area contributed by atoms with E-state index in [-0.39, 0.29) is 30.0 Å². The number of likely N-dealkylation sites (N-methyl/N-ethyl adjacent to an activating group) is 1. The summed E-state index contributed by atoms with van der Waals surface area (Å²) in [5.74, 6) is -0.311. The number of Topliss-reactive ketones (excluding diaryl/α,β-unsaturated/α-hetero) is 1. The molecule has 1 fully saturated rings. The van der Waals surface area contributed by atoms with Crippen molar-refractivity contribution >= 4 is 17.4 Å². The maximum Gasteiger partial charge on any atom is 0.270 e. The van der Waals surface area contributed by atoms with Gasteiger partial charge >= 0.3 is 0 Å². The van der Waals surface area contributed by atoms with Crippen LogP contribution in [0.4, 0.5) is 5.69 Å². The molecule has 7 heteroatoms. The Bertz CT molecular complexity index is 573. The number of carbonyl (C=O) groups is 2. The van der Waals surface area contributed by atoms with Gasteiger partial charge in [0.1, 0.15) is 0 Å². The van der Waals surface area contributed by atoms with Crippen molar-refractivity contribution in [2.75, 3.05) is 20.1 Å². The van der Waals surface area contributed by atoms with E-state index >= 15 is 0 Å². The van der Waals surface area contributed by atoms with Crippen molar-refractivity contribution in [1.29, 1.82) is 0 Å². The van der Waals surface area contributed by atoms with Gasteiger partial charge in [0.05, 0.1) is 17.5 Å². The molecule has 0 aromatic heterocycles. The molecule has 0 spiro atoms. The van der Waals surface area contributed by atoms with Gasteiger partial charge in [0.25, 0.3) is 5.69 Å². The summed E-state index contributed by atoms with van der Waals surface area (Å²) < 4.78 is 0. The number of nitro groups is 1. The molecular formula is C14H17N3O4. The Hall–Kier alpha value is -2.28. The lowest BCUT2D eigenvalue weighted by molar-refractivity contribution is -0.384. The van der Waals surface area contributed by atoms with Crippen LogP contribution < -0.4 is 5.32 Å². The minimum absolute atomic E-state index is 0.0965. The van der Waals surface area contributed by atoms with E-state index in [1.807, 2.05) is 4.90 Å². The van der Waals surface area contributed by atoms with Crippen molar-refractivity contribution in [3.63, 3.8) is 0 Å². The maximum absolute atomic E-state index is 12.2. The number of hydrogen-bond acceptors (Lipinski definition) is 5. The van der Waals surface area contributed by atoms with Crippen molar-refractivity contribution in [2.45, 2.75) is 18.9 Å². The van der Waals surface area contributed by atoms with Gasteiger partial charge in [-0.2, -0.15) is 0 Å². The van der Waals surface area contributed by atoms with Gasteiger partial charge in [-0.15, -0.1) is 0 Å². The van der Waals surface area contributed by atoms with Gasteiger partial charge in [-0.3, -0.25) is 24.6 Å². The molecule has 0 saturated carbocycles. The normalized spacial score (nSPS) is 18.4. The molecule has 1 aromatic rings. The van der Waals surface area contributed by atoms with Crippen LogP contribution in [0.15, 0.2) is 24.3 Å². The van der Waals surface area contributed by atoms with E-state index in [2.05, 4.69) is 5.32 Å². The minimum atomic E-state index is -0.528. The van der Waals surface area contributed by atoms with Crippen LogP contribution in [-0.4, -0.2) is 47.7 Å². The number of ketones is 1. The number of likely N-dealkylation sites (tertiary alicyclic amines) is 1. The third-order valence-corrected chi connectivity index (χ3v) is 3.64. The smallest absolute Gasteiger partial charge is 0.270 e. The number of nitrogens with zero attached hydrogens (tertiary/aromatic N) is 2. The third-order valence-electron chi connectivity index (χ3n) is 3.64. The summed E-state index contributed by atoms with van der Waals surface area (Å²) in [7, 11) is 1.57. The molecule has 21 heavy (non-hydrogen) atoms. The quantitative estimate of drug-likeness (QED) is 0.496. The third kappa shape index (κ3) is 3.43. The molecule has 1 unspecified atom stereocenters. The molecule has 1 amide bonds. The van der Waals surface area contributed by atoms with E-state index < -0.39 is 4.92 Å². The van der Waals surface area contributed by atoms with Gasteiger partial charge in [0, 0.05) is 24.7 Å². The Kier molecular flexibility index (Phi) is 4.64. The fourth-order valence-electron chi connectivity index (χ4n) is 2.55. The zero-order valence-electron chi connectivity index (χ0n) is 11.7. The van der Waals surface area contributed by atoms with Crippen molar-refractivity contribution in [3.05, 3.63) is 39.9 Å². The van der Waals surface area contributed by atoms with Gasteiger partial charge in [-0.1, -0.05) is 12.1 Å². The largest absolute Gasteiger partial charge is 0.358 e. The highest BCUT2D eigenvalue weighted by molar-refractivity contribution is 5.98. The lowest BCUT2D eigenvalue weighted by Crippen LogP contribution is -2.44. The molecule has 1 atom stereocenters. The molecule has 1 aliphatic heterocycles. The van der Waals surface area contributed by atoms with Crippen molar-refractivity contribution < 1.29 is 14.5 Å². The molecule has 0 aliphatic carbocycles. The Labute approximate surface area is 122 Å². The first-order chi connectivity index (χ1) is 10.0. The second-order valence-corrected chi connectivity index (χ2v) is 4.97. The molecule has 1 aromatic carbocycles. The highest BCUT2D eigenvalue weighted by Gasteiger charge is 2.31. The van der Waals surface area contributed by atoms with Crippen LogP contribution >= 0.6 is 0 Å². The number of nitro benzene ring substituents is 1. The van der Waals surface area contributed by atoms with Crippen LogP contribution in [0.25, 0.3) is 0 Å². The van der Waals surface area contributed by atoms with Gasteiger partial charge in [0.15, 0.2) is 5.78 Å². The number of rotatable bonds is 5. The van der Waals surface area contributed by atoms with Gasteiger partial charge in [-0.25, -0.2) is 0 Å². The Morgan fingerprint density at radius 3 is 2.90 bits per heavy atom. The predicted molar refractivity (Wildman–Crippen MR) is 76.1 cm³/mol. The standard InChI is InChI=1S/C14H17N3O4/c1-15-14(19)12-6-3-7-16(12)9-13(18)10-4-2-5-11(8-10)17(20)21/h2,4-5,8,12H,3,6-7,9H2,1H3,(H,15,19). The van der Waals surface area contributed by atoms with Crippen LogP contribution in [-0.2, 0) is 4.79 Å². The summed E-state index contributed by atoms with van der Waals surface area (Å²) in [4.78, 5) is 36.0. The molecule has 1 saturated heterocycles. The number of carbonyl (C=O) groups excluding carboxylic acids is 2. The molecule has 2 rings (SSSR count). The predicted octanol–water partition coefficient (Wildman–Crippen LogP) is 0.988. The van der Waals surface area contributed by atoms with E-state index in [9.17, 15) is 19.7 Å². The van der Waals surface area contributed by atoms with E-state index in [1.165, 1.54) is 18.2 Å². The number of benzene rings is 1. The molecule has 1 aliphatic rings. The van der Waals surface area contributed by atoms with Crippen molar-refractivity contribution in [1.82, 2.24) is 10.2 Å². The first-order valence-electron chi connectivity index (χ1n) is 6.76. The monoisotopic (exact) mass is 291 g/mol. The Morgan fingerprint density at radius 1 is 1.48 bits per heavy atom. The second-order valence-electron chi connectivity index (χ2n) is 4.97. The fourth-order valence-corrected chi connectivity index (χ4v) is 2.55. The van der Waals surface area contributed by atoms with Crippen molar-refractivity contribution in [2.24, 2.45) is 0 Å². The number of hydrogen-bond donors (Lipinski definition) is 1. The topological polar surface area (TPSA) is 92.6 Å². The summed E-state index contributed by atoms with van der Waals surface area (Å²) in [6.07, 6.45) is 1.59. The summed E-state index contributed by atoms with van der Waals surface area (Å²) >= 11 is 0. The van der Waals surface area contributed by atoms with Gasteiger partial charge in [0.2, 0.25) is 5.91 Å². The fraction of sp³-hybridized carbons (Fsp3) is 0.429. The number of amides is 1. The van der Waals surface area contributed by atoms with E-state index in [0.717, 1.165) is 12.8 Å². The van der Waals surface area contributed by atoms with Crippen LogP contribution in [0, 0.1) is 10.1 Å². The Morgan fingerprint density at radius 2 is 2.24 bits per heavy atom. The first kappa shape index (κ1) is 15.1. The Balaban J connectivity index is 2.09. The van der Waals surface area contributed by atoms with E-state index in [0.29, 0.717) is 12.1 Å². The first-order valence-corrected chi connectivity index (χ1v) is 6.76. The summed E-state index contributed by atoms with van der Waals surface area (Å²) in [5, 5.41) is 13.3. The summed E-state index contributed by atoms with van der Waals surface area (Å²) in [6, 6.07) is 5.37. The van der Waals surface area contributed by atoms with Gasteiger partial charge in [-0.05, 0) is 19.4 Å². The molecule has 0 radical (unpaired) electrons. The lowest BCUT2D eigenvalue weighted by Gasteiger charge is -2.22. The summed E-state index contributed by atoms with van der Waals surface area (Å²) in [6.45, 7) is 0.776. The molecule has 1 heterocycles. The zero-order chi connectivity index (χ0) is 15.4. The summed E-state index contributed by atoms with van der Waals surface area (Å²) in [5.41, 5.74) is 0.192.